The van der Waals surface area contributed by atoms with Gasteiger partial charge in [0.15, 0.2) is 0 Å². The molecule has 0 atom stereocenters. The van der Waals surface area contributed by atoms with Gasteiger partial charge in [-0.25, -0.2) is 13.2 Å². The van der Waals surface area contributed by atoms with Crippen LogP contribution in [-0.4, -0.2) is 29.8 Å². The highest BCUT2D eigenvalue weighted by atomic mass is 19.1. The first-order valence-electron chi connectivity index (χ1n) is 7.66. The van der Waals surface area contributed by atoms with Crippen LogP contribution in [0.25, 0.3) is 0 Å². The molecule has 25 heavy (non-hydrogen) atoms. The van der Waals surface area contributed by atoms with Crippen LogP contribution in [0, 0.1) is 17.5 Å². The Hall–Kier alpha value is -2.83. The fraction of sp³-hybridized carbons (Fsp3) is 0.222. The molecule has 0 fully saturated rings. The molecule has 0 saturated carbocycles. The summed E-state index contributed by atoms with van der Waals surface area (Å²) < 4.78 is 39.8. The molecule has 2 aromatic rings. The van der Waals surface area contributed by atoms with Gasteiger partial charge in [0.2, 0.25) is 5.91 Å². The number of amides is 2. The molecule has 0 heterocycles. The van der Waals surface area contributed by atoms with E-state index in [-0.39, 0.29) is 25.5 Å². The van der Waals surface area contributed by atoms with Gasteiger partial charge in [0, 0.05) is 13.1 Å². The Kier molecular flexibility index (Phi) is 6.16. The van der Waals surface area contributed by atoms with E-state index in [9.17, 15) is 22.8 Å². The molecule has 0 unspecified atom stereocenters. The summed E-state index contributed by atoms with van der Waals surface area (Å²) in [5.74, 6) is -3.19. The number of nitrogens with zero attached hydrogens (tertiary/aromatic N) is 1. The number of rotatable bonds is 6. The molecular formula is C18H17F3N2O2. The quantitative estimate of drug-likeness (QED) is 0.871. The normalized spacial score (nSPS) is 10.4. The van der Waals surface area contributed by atoms with E-state index in [0.29, 0.717) is 5.56 Å². The number of hydrogen-bond acceptors (Lipinski definition) is 2. The van der Waals surface area contributed by atoms with Gasteiger partial charge < -0.3 is 10.2 Å². The molecule has 0 spiro atoms. The zero-order valence-electron chi connectivity index (χ0n) is 13.6. The molecule has 0 aliphatic rings. The molecule has 0 bridgehead atoms. The van der Waals surface area contributed by atoms with E-state index in [1.54, 1.807) is 6.92 Å². The van der Waals surface area contributed by atoms with Crippen LogP contribution in [0.2, 0.25) is 0 Å². The number of hydrogen-bond donors (Lipinski definition) is 1. The summed E-state index contributed by atoms with van der Waals surface area (Å²) in [5, 5.41) is 2.59. The lowest BCUT2D eigenvalue weighted by molar-refractivity contribution is -0.121. The van der Waals surface area contributed by atoms with Crippen molar-refractivity contribution < 1.29 is 22.8 Å². The molecule has 7 heteroatoms. The summed E-state index contributed by atoms with van der Waals surface area (Å²) in [6.07, 6.45) is 0. The number of likely N-dealkylation sites (N-methyl/N-ethyl adjacent to an activating group) is 1. The largest absolute Gasteiger partial charge is 0.350 e. The third-order valence-electron chi connectivity index (χ3n) is 3.57. The minimum absolute atomic E-state index is 0.152. The molecule has 2 rings (SSSR count). The van der Waals surface area contributed by atoms with Gasteiger partial charge in [-0.1, -0.05) is 12.1 Å². The average Bonchev–Trinajstić information content (AvgIpc) is 2.60. The molecule has 2 aromatic carbocycles. The first-order chi connectivity index (χ1) is 11.9. The zero-order valence-corrected chi connectivity index (χ0v) is 13.6. The molecule has 0 aliphatic carbocycles. The Balaban J connectivity index is 1.98. The Morgan fingerprint density at radius 3 is 2.28 bits per heavy atom. The van der Waals surface area contributed by atoms with Crippen molar-refractivity contribution in [2.24, 2.45) is 0 Å². The monoisotopic (exact) mass is 350 g/mol. The SMILES string of the molecule is CCN(CC(=O)NCc1ccc(F)cc1)C(=O)c1cc(F)ccc1F. The Labute approximate surface area is 143 Å². The summed E-state index contributed by atoms with van der Waals surface area (Å²) in [6, 6.07) is 8.19. The first-order valence-corrected chi connectivity index (χ1v) is 7.66. The van der Waals surface area contributed by atoms with Crippen molar-refractivity contribution >= 4 is 11.8 Å². The van der Waals surface area contributed by atoms with E-state index in [2.05, 4.69) is 5.32 Å². The third-order valence-corrected chi connectivity index (χ3v) is 3.57. The Morgan fingerprint density at radius 2 is 1.64 bits per heavy atom. The summed E-state index contributed by atoms with van der Waals surface area (Å²) in [6.45, 7) is 1.65. The minimum atomic E-state index is -0.850. The fourth-order valence-corrected chi connectivity index (χ4v) is 2.19. The zero-order chi connectivity index (χ0) is 18.4. The number of nitrogens with one attached hydrogen (secondary N) is 1. The summed E-state index contributed by atoms with van der Waals surface area (Å²) in [7, 11) is 0. The van der Waals surface area contributed by atoms with Crippen molar-refractivity contribution in [1.82, 2.24) is 10.2 Å². The van der Waals surface area contributed by atoms with E-state index < -0.39 is 29.0 Å². The predicted octanol–water partition coefficient (Wildman–Crippen LogP) is 2.88. The van der Waals surface area contributed by atoms with Crippen LogP contribution in [0.1, 0.15) is 22.8 Å². The minimum Gasteiger partial charge on any atom is -0.350 e. The summed E-state index contributed by atoms with van der Waals surface area (Å²) in [4.78, 5) is 25.4. The molecular weight excluding hydrogens is 333 g/mol. The number of carbonyl (C=O) groups excluding carboxylic acids is 2. The van der Waals surface area contributed by atoms with Gasteiger partial charge in [-0.15, -0.1) is 0 Å². The van der Waals surface area contributed by atoms with Crippen LogP contribution in [0.5, 0.6) is 0 Å². The van der Waals surface area contributed by atoms with Gasteiger partial charge in [0.1, 0.15) is 17.5 Å². The third kappa shape index (κ3) is 5.07. The first kappa shape index (κ1) is 18.5. The van der Waals surface area contributed by atoms with Crippen LogP contribution >= 0.6 is 0 Å². The van der Waals surface area contributed by atoms with Gasteiger partial charge >= 0.3 is 0 Å². The number of halogens is 3. The lowest BCUT2D eigenvalue weighted by Gasteiger charge is -2.20. The van der Waals surface area contributed by atoms with Gasteiger partial charge in [-0.3, -0.25) is 9.59 Å². The number of carbonyl (C=O) groups is 2. The molecule has 0 radical (unpaired) electrons. The Bertz CT molecular complexity index is 763. The maximum absolute atomic E-state index is 13.7. The van der Waals surface area contributed by atoms with Crippen molar-refractivity contribution in [1.29, 1.82) is 0 Å². The van der Waals surface area contributed by atoms with Crippen LogP contribution in [0.15, 0.2) is 42.5 Å². The summed E-state index contributed by atoms with van der Waals surface area (Å²) >= 11 is 0. The van der Waals surface area contributed by atoms with Gasteiger partial charge in [0.25, 0.3) is 5.91 Å². The molecule has 1 N–H and O–H groups in total. The maximum Gasteiger partial charge on any atom is 0.257 e. The standard InChI is InChI=1S/C18H17F3N2O2/c1-2-23(18(25)15-9-14(20)7-8-16(15)21)11-17(24)22-10-12-3-5-13(19)6-4-12/h3-9H,2,10-11H2,1H3,(H,22,24). The van der Waals surface area contributed by atoms with Crippen molar-refractivity contribution in [2.45, 2.75) is 13.5 Å². The van der Waals surface area contributed by atoms with Gasteiger partial charge in [0.05, 0.1) is 12.1 Å². The smallest absolute Gasteiger partial charge is 0.257 e. The van der Waals surface area contributed by atoms with Crippen molar-refractivity contribution in [3.63, 3.8) is 0 Å². The highest BCUT2D eigenvalue weighted by molar-refractivity contribution is 5.96. The second-order valence-corrected chi connectivity index (χ2v) is 5.35. The van der Waals surface area contributed by atoms with Gasteiger partial charge in [-0.05, 0) is 42.8 Å². The lowest BCUT2D eigenvalue weighted by Crippen LogP contribution is -2.40. The molecule has 0 saturated heterocycles. The second kappa shape index (κ2) is 8.32. The molecule has 2 amide bonds. The topological polar surface area (TPSA) is 49.4 Å². The second-order valence-electron chi connectivity index (χ2n) is 5.35. The van der Waals surface area contributed by atoms with Crippen LogP contribution < -0.4 is 5.32 Å². The van der Waals surface area contributed by atoms with Crippen molar-refractivity contribution in [3.05, 3.63) is 71.0 Å². The van der Waals surface area contributed by atoms with Crippen molar-refractivity contribution in [2.75, 3.05) is 13.1 Å². The van der Waals surface area contributed by atoms with E-state index in [1.807, 2.05) is 0 Å². The predicted molar refractivity (Wildman–Crippen MR) is 86.2 cm³/mol. The number of benzene rings is 2. The fourth-order valence-electron chi connectivity index (χ4n) is 2.19. The summed E-state index contributed by atoms with van der Waals surface area (Å²) in [5.41, 5.74) is 0.272. The lowest BCUT2D eigenvalue weighted by atomic mass is 10.1. The van der Waals surface area contributed by atoms with E-state index in [0.717, 1.165) is 23.1 Å². The van der Waals surface area contributed by atoms with Crippen LogP contribution in [-0.2, 0) is 11.3 Å². The van der Waals surface area contributed by atoms with E-state index in [4.69, 9.17) is 0 Å². The van der Waals surface area contributed by atoms with Crippen LogP contribution in [0.4, 0.5) is 13.2 Å². The maximum atomic E-state index is 13.7. The van der Waals surface area contributed by atoms with Crippen molar-refractivity contribution in [3.8, 4) is 0 Å². The van der Waals surface area contributed by atoms with E-state index in [1.165, 1.54) is 24.3 Å². The average molecular weight is 350 g/mol. The van der Waals surface area contributed by atoms with Gasteiger partial charge in [-0.2, -0.15) is 0 Å². The van der Waals surface area contributed by atoms with E-state index >= 15 is 0 Å². The van der Waals surface area contributed by atoms with Crippen LogP contribution in [0.3, 0.4) is 0 Å². The molecule has 0 aromatic heterocycles. The molecule has 0 aliphatic heterocycles. The molecule has 4 nitrogen and oxygen atoms in total. The highest BCUT2D eigenvalue weighted by Crippen LogP contribution is 2.12. The molecule has 132 valence electrons. The Morgan fingerprint density at radius 1 is 1.00 bits per heavy atom. The highest BCUT2D eigenvalue weighted by Gasteiger charge is 2.21.